The molecule has 1 heterocycles. The lowest BCUT2D eigenvalue weighted by atomic mass is 10.1. The number of hydrogen-bond acceptors (Lipinski definition) is 3. The number of guanidine groups is 1. The maximum absolute atomic E-state index is 11.6. The largest absolute Gasteiger partial charge is 0.355 e. The first-order valence-corrected chi connectivity index (χ1v) is 10.2. The predicted molar refractivity (Wildman–Crippen MR) is 118 cm³/mol. The number of aliphatic imine (C=N–C) groups is 1. The Balaban J connectivity index is 1.46. The number of amides is 1. The average molecular weight is 394 g/mol. The second kappa shape index (κ2) is 10.6. The van der Waals surface area contributed by atoms with Crippen molar-refractivity contribution >= 4 is 11.9 Å². The monoisotopic (exact) mass is 393 g/mol. The second-order valence-electron chi connectivity index (χ2n) is 7.33. The Hall–Kier alpha value is -2.86. The van der Waals surface area contributed by atoms with Crippen molar-refractivity contribution in [2.75, 3.05) is 27.2 Å². The maximum Gasteiger partial charge on any atom is 0.251 e. The summed E-state index contributed by atoms with van der Waals surface area (Å²) in [4.78, 5) is 18.5. The molecule has 154 valence electrons. The van der Waals surface area contributed by atoms with E-state index in [2.05, 4.69) is 56.2 Å². The normalized spacial score (nSPS) is 17.2. The van der Waals surface area contributed by atoms with Gasteiger partial charge >= 0.3 is 0 Å². The summed E-state index contributed by atoms with van der Waals surface area (Å²) < 4.78 is 0. The van der Waals surface area contributed by atoms with Crippen LogP contribution >= 0.6 is 0 Å². The molecule has 0 aromatic heterocycles. The highest BCUT2D eigenvalue weighted by Crippen LogP contribution is 2.19. The summed E-state index contributed by atoms with van der Waals surface area (Å²) in [5.74, 6) is 0.727. The summed E-state index contributed by atoms with van der Waals surface area (Å²) in [6.45, 7) is 3.68. The zero-order valence-electron chi connectivity index (χ0n) is 17.3. The van der Waals surface area contributed by atoms with Gasteiger partial charge in [-0.2, -0.15) is 0 Å². The van der Waals surface area contributed by atoms with Gasteiger partial charge in [-0.3, -0.25) is 14.7 Å². The van der Waals surface area contributed by atoms with Crippen LogP contribution in [-0.2, 0) is 13.1 Å². The molecule has 2 aromatic rings. The van der Waals surface area contributed by atoms with Gasteiger partial charge in [0.1, 0.15) is 0 Å². The third kappa shape index (κ3) is 6.06. The molecule has 29 heavy (non-hydrogen) atoms. The van der Waals surface area contributed by atoms with Crippen molar-refractivity contribution in [3.8, 4) is 0 Å². The van der Waals surface area contributed by atoms with E-state index >= 15 is 0 Å². The second-order valence-corrected chi connectivity index (χ2v) is 7.33. The fourth-order valence-corrected chi connectivity index (χ4v) is 3.69. The number of nitrogens with one attached hydrogen (secondary N) is 3. The van der Waals surface area contributed by atoms with Crippen LogP contribution in [0.15, 0.2) is 59.6 Å². The highest BCUT2D eigenvalue weighted by Gasteiger charge is 2.24. The third-order valence-electron chi connectivity index (χ3n) is 5.36. The van der Waals surface area contributed by atoms with Crippen molar-refractivity contribution in [3.63, 3.8) is 0 Å². The van der Waals surface area contributed by atoms with Crippen LogP contribution in [0, 0.1) is 0 Å². The molecule has 1 fully saturated rings. The molecule has 0 saturated carbocycles. The van der Waals surface area contributed by atoms with Gasteiger partial charge in [-0.05, 0) is 42.6 Å². The molecule has 6 heteroatoms. The molecule has 3 rings (SSSR count). The van der Waals surface area contributed by atoms with Gasteiger partial charge in [0.05, 0.1) is 0 Å². The minimum atomic E-state index is -0.0707. The van der Waals surface area contributed by atoms with Crippen LogP contribution in [-0.4, -0.2) is 50.0 Å². The summed E-state index contributed by atoms with van der Waals surface area (Å²) in [6, 6.07) is 18.8. The van der Waals surface area contributed by atoms with Gasteiger partial charge in [0, 0.05) is 45.3 Å². The number of nitrogens with zero attached hydrogens (tertiary/aromatic N) is 2. The lowest BCUT2D eigenvalue weighted by Gasteiger charge is -2.25. The molecular formula is C23H31N5O. The molecule has 2 aromatic carbocycles. The Bertz CT molecular complexity index is 804. The van der Waals surface area contributed by atoms with Gasteiger partial charge in [-0.15, -0.1) is 0 Å². The van der Waals surface area contributed by atoms with Crippen LogP contribution in [0.2, 0.25) is 0 Å². The van der Waals surface area contributed by atoms with Crippen LogP contribution < -0.4 is 16.0 Å². The molecule has 1 unspecified atom stereocenters. The zero-order valence-corrected chi connectivity index (χ0v) is 17.3. The van der Waals surface area contributed by atoms with Crippen LogP contribution in [0.5, 0.6) is 0 Å². The van der Waals surface area contributed by atoms with Crippen molar-refractivity contribution in [3.05, 3.63) is 71.3 Å². The number of rotatable bonds is 7. The van der Waals surface area contributed by atoms with E-state index in [0.29, 0.717) is 18.2 Å². The lowest BCUT2D eigenvalue weighted by molar-refractivity contribution is 0.0963. The molecule has 1 saturated heterocycles. The van der Waals surface area contributed by atoms with Gasteiger partial charge in [0.25, 0.3) is 5.91 Å². The molecule has 0 radical (unpaired) electrons. The van der Waals surface area contributed by atoms with Crippen molar-refractivity contribution in [2.24, 2.45) is 4.99 Å². The first-order valence-electron chi connectivity index (χ1n) is 10.2. The topological polar surface area (TPSA) is 68.8 Å². The van der Waals surface area contributed by atoms with Crippen LogP contribution in [0.4, 0.5) is 0 Å². The van der Waals surface area contributed by atoms with Crippen LogP contribution in [0.25, 0.3) is 0 Å². The smallest absolute Gasteiger partial charge is 0.251 e. The number of carbonyl (C=O) groups is 1. The Kier molecular flexibility index (Phi) is 7.64. The molecule has 0 spiro atoms. The minimum Gasteiger partial charge on any atom is -0.355 e. The van der Waals surface area contributed by atoms with E-state index in [-0.39, 0.29) is 5.91 Å². The SMILES string of the molecule is CN=C(NCc1ccc(C(=O)NC)cc1)NCC1CCCN1Cc1ccccc1. The van der Waals surface area contributed by atoms with Crippen molar-refractivity contribution in [2.45, 2.75) is 32.0 Å². The first kappa shape index (κ1) is 20.9. The fraction of sp³-hybridized carbons (Fsp3) is 0.391. The van der Waals surface area contributed by atoms with Crippen molar-refractivity contribution in [1.82, 2.24) is 20.9 Å². The Morgan fingerprint density at radius 2 is 1.83 bits per heavy atom. The summed E-state index contributed by atoms with van der Waals surface area (Å²) in [5, 5.41) is 9.46. The molecule has 1 amide bonds. The van der Waals surface area contributed by atoms with Gasteiger partial charge in [-0.1, -0.05) is 42.5 Å². The molecule has 6 nitrogen and oxygen atoms in total. The number of likely N-dealkylation sites (tertiary alicyclic amines) is 1. The van der Waals surface area contributed by atoms with Crippen LogP contribution in [0.3, 0.4) is 0 Å². The fourth-order valence-electron chi connectivity index (χ4n) is 3.69. The summed E-state index contributed by atoms with van der Waals surface area (Å²) in [7, 11) is 3.43. The number of benzene rings is 2. The molecule has 3 N–H and O–H groups in total. The third-order valence-corrected chi connectivity index (χ3v) is 5.36. The Labute approximate surface area is 173 Å². The quantitative estimate of drug-likeness (QED) is 0.499. The Morgan fingerprint density at radius 1 is 1.07 bits per heavy atom. The van der Waals surface area contributed by atoms with Gasteiger partial charge in [0.15, 0.2) is 5.96 Å². The predicted octanol–water partition coefficient (Wildman–Crippen LogP) is 2.38. The number of hydrogen-bond donors (Lipinski definition) is 3. The average Bonchev–Trinajstić information content (AvgIpc) is 3.21. The van der Waals surface area contributed by atoms with Gasteiger partial charge in [0.2, 0.25) is 0 Å². The minimum absolute atomic E-state index is 0.0707. The molecule has 1 aliphatic heterocycles. The number of carbonyl (C=O) groups excluding carboxylic acids is 1. The van der Waals surface area contributed by atoms with Crippen molar-refractivity contribution in [1.29, 1.82) is 0 Å². The Morgan fingerprint density at radius 3 is 2.52 bits per heavy atom. The van der Waals surface area contributed by atoms with E-state index < -0.39 is 0 Å². The first-order chi connectivity index (χ1) is 14.2. The van der Waals surface area contributed by atoms with E-state index in [4.69, 9.17) is 0 Å². The summed E-state index contributed by atoms with van der Waals surface area (Å²) in [6.07, 6.45) is 2.45. The molecular weight excluding hydrogens is 362 g/mol. The van der Waals surface area contributed by atoms with Gasteiger partial charge < -0.3 is 16.0 Å². The van der Waals surface area contributed by atoms with E-state index in [1.807, 2.05) is 24.3 Å². The van der Waals surface area contributed by atoms with E-state index in [0.717, 1.165) is 31.2 Å². The van der Waals surface area contributed by atoms with E-state index in [9.17, 15) is 4.79 Å². The highest BCUT2D eigenvalue weighted by molar-refractivity contribution is 5.93. The highest BCUT2D eigenvalue weighted by atomic mass is 16.1. The van der Waals surface area contributed by atoms with E-state index in [1.54, 1.807) is 14.1 Å². The van der Waals surface area contributed by atoms with Crippen molar-refractivity contribution < 1.29 is 4.79 Å². The van der Waals surface area contributed by atoms with Gasteiger partial charge in [-0.25, -0.2) is 0 Å². The molecule has 1 aliphatic rings. The van der Waals surface area contributed by atoms with E-state index in [1.165, 1.54) is 18.4 Å². The van der Waals surface area contributed by atoms with Crippen LogP contribution in [0.1, 0.15) is 34.3 Å². The molecule has 1 atom stereocenters. The lowest BCUT2D eigenvalue weighted by Crippen LogP contribution is -2.44. The molecule has 0 aliphatic carbocycles. The molecule has 0 bridgehead atoms. The summed E-state index contributed by atoms with van der Waals surface area (Å²) in [5.41, 5.74) is 3.13. The maximum atomic E-state index is 11.6. The summed E-state index contributed by atoms with van der Waals surface area (Å²) >= 11 is 0. The zero-order chi connectivity index (χ0) is 20.5. The standard InChI is InChI=1S/C23H31N5O/c1-24-22(29)20-12-10-18(11-13-20)15-26-23(25-2)27-16-21-9-6-14-28(21)17-19-7-4-3-5-8-19/h3-5,7-8,10-13,21H,6,9,14-17H2,1-2H3,(H,24,29)(H2,25,26,27).